The van der Waals surface area contributed by atoms with Crippen molar-refractivity contribution in [3.63, 3.8) is 0 Å². The average Bonchev–Trinajstić information content (AvgIpc) is 3.05. The minimum Gasteiger partial charge on any atom is -0.393 e. The van der Waals surface area contributed by atoms with E-state index < -0.39 is 28.9 Å². The van der Waals surface area contributed by atoms with Crippen LogP contribution in [0, 0.1) is 5.92 Å². The molecule has 5 N–H and O–H groups in total. The Morgan fingerprint density at radius 1 is 1.06 bits per heavy atom. The Morgan fingerprint density at radius 3 is 2.51 bits per heavy atom. The van der Waals surface area contributed by atoms with E-state index in [2.05, 4.69) is 22.2 Å². The number of halogens is 4. The summed E-state index contributed by atoms with van der Waals surface area (Å²) < 4.78 is 40.8. The normalized spacial score (nSPS) is 20.9. The van der Waals surface area contributed by atoms with Crippen molar-refractivity contribution in [2.24, 2.45) is 17.5 Å². The first-order valence-corrected chi connectivity index (χ1v) is 15.4. The minimum absolute atomic E-state index is 0.0418. The third kappa shape index (κ3) is 7.34. The summed E-state index contributed by atoms with van der Waals surface area (Å²) in [6.07, 6.45) is 0.568. The highest BCUT2D eigenvalue weighted by atomic mass is 35.5. The lowest BCUT2D eigenvalue weighted by Gasteiger charge is -2.33. The number of alkyl halides is 3. The van der Waals surface area contributed by atoms with Crippen LogP contribution in [0.15, 0.2) is 95.9 Å². The number of nitrogens with zero attached hydrogens (tertiary/aromatic N) is 4. The van der Waals surface area contributed by atoms with E-state index in [-0.39, 0.29) is 33.8 Å². The Hall–Kier alpha value is -4.68. The zero-order valence-electron chi connectivity index (χ0n) is 25.8. The lowest BCUT2D eigenvalue weighted by atomic mass is 9.75. The summed E-state index contributed by atoms with van der Waals surface area (Å²) in [6, 6.07) is 18.9. The molecule has 2 aromatic carbocycles. The second-order valence-corrected chi connectivity index (χ2v) is 12.3. The van der Waals surface area contributed by atoms with Gasteiger partial charge in [0.25, 0.3) is 5.56 Å². The van der Waals surface area contributed by atoms with Crippen LogP contribution in [0.4, 0.5) is 18.9 Å². The molecule has 4 aromatic rings. The summed E-state index contributed by atoms with van der Waals surface area (Å²) >= 11 is 6.23. The number of pyridine rings is 1. The molecule has 3 unspecified atom stereocenters. The van der Waals surface area contributed by atoms with Crippen LogP contribution in [0.3, 0.4) is 0 Å². The highest BCUT2D eigenvalue weighted by Crippen LogP contribution is 2.35. The maximum Gasteiger partial charge on any atom is 0.432 e. The van der Waals surface area contributed by atoms with Gasteiger partial charge in [-0.3, -0.25) is 24.1 Å². The molecule has 3 atom stereocenters. The second-order valence-electron chi connectivity index (χ2n) is 11.9. The lowest BCUT2D eigenvalue weighted by Crippen LogP contribution is -2.42. The molecule has 0 saturated carbocycles. The Morgan fingerprint density at radius 2 is 1.81 bits per heavy atom. The van der Waals surface area contributed by atoms with E-state index in [4.69, 9.17) is 23.2 Å². The lowest BCUT2D eigenvalue weighted by molar-refractivity contribution is -0.124. The molecule has 1 amide bonds. The predicted molar refractivity (Wildman–Crippen MR) is 175 cm³/mol. The van der Waals surface area contributed by atoms with Crippen molar-refractivity contribution in [2.45, 2.75) is 50.7 Å². The molecule has 9 nitrogen and oxygen atoms in total. The second kappa shape index (κ2) is 13.6. The Labute approximate surface area is 275 Å². The molecule has 2 aromatic heterocycles. The molecule has 246 valence electrons. The first-order valence-electron chi connectivity index (χ1n) is 15.0. The smallest absolute Gasteiger partial charge is 0.393 e. The molecule has 1 aliphatic heterocycles. The zero-order chi connectivity index (χ0) is 33.9. The fraction of sp³-hybridized carbons (Fsp3) is 0.294. The van der Waals surface area contributed by atoms with E-state index in [0.717, 1.165) is 11.1 Å². The fourth-order valence-corrected chi connectivity index (χ4v) is 5.96. The van der Waals surface area contributed by atoms with Gasteiger partial charge in [-0.15, -0.1) is 0 Å². The molecular weight excluding hydrogens is 631 g/mol. The summed E-state index contributed by atoms with van der Waals surface area (Å²) in [7, 11) is 0. The SMILES string of the molecule is CC1CCCC(n2cnc(-c3cc(Cl)ccc3N(N)/C=C(\N)C(F)(F)F)cc2=O)c2cc(ccn2)C(C)(c2ccccc2)CNC1=O. The third-order valence-electron chi connectivity index (χ3n) is 8.64. The maximum absolute atomic E-state index is 13.8. The van der Waals surface area contributed by atoms with Crippen molar-refractivity contribution in [1.29, 1.82) is 0 Å². The standard InChI is InChI=1S/C34H35ClF3N7O2/c1-21-7-6-10-29(27-15-23(13-14-41-27)33(2,19-42-32(21)47)22-8-4-3-5-9-22)44-20-43-26(17-31(44)46)25-16-24(35)11-12-28(25)45(40)18-30(39)34(36,37)38/h3-5,8-9,11-18,20-21,29H,6-7,10,19,39-40H2,1-2H3,(H,42,47)/b30-18-. The van der Waals surface area contributed by atoms with Crippen LogP contribution in [0.5, 0.6) is 0 Å². The van der Waals surface area contributed by atoms with Crippen LogP contribution in [-0.2, 0) is 10.2 Å². The number of amides is 1. The number of hydrogen-bond donors (Lipinski definition) is 3. The molecule has 0 saturated heterocycles. The summed E-state index contributed by atoms with van der Waals surface area (Å²) in [5, 5.41) is 4.12. The zero-order valence-corrected chi connectivity index (χ0v) is 26.6. The van der Waals surface area contributed by atoms with Gasteiger partial charge in [-0.1, -0.05) is 55.3 Å². The van der Waals surface area contributed by atoms with Gasteiger partial charge < -0.3 is 11.1 Å². The topological polar surface area (TPSA) is 132 Å². The number of anilines is 1. The van der Waals surface area contributed by atoms with Crippen molar-refractivity contribution < 1.29 is 18.0 Å². The summed E-state index contributed by atoms with van der Waals surface area (Å²) in [5.41, 5.74) is 5.83. The van der Waals surface area contributed by atoms with Gasteiger partial charge in [0.2, 0.25) is 5.91 Å². The van der Waals surface area contributed by atoms with Gasteiger partial charge in [0, 0.05) is 46.9 Å². The van der Waals surface area contributed by atoms with Gasteiger partial charge in [0.1, 0.15) is 5.70 Å². The molecular formula is C34H35ClF3N7O2. The van der Waals surface area contributed by atoms with Crippen LogP contribution in [-0.4, -0.2) is 33.2 Å². The first kappa shape index (κ1) is 33.7. The maximum atomic E-state index is 13.8. The van der Waals surface area contributed by atoms with Crippen LogP contribution in [0.1, 0.15) is 56.0 Å². The van der Waals surface area contributed by atoms with Gasteiger partial charge >= 0.3 is 6.18 Å². The van der Waals surface area contributed by atoms with E-state index in [1.807, 2.05) is 49.4 Å². The molecule has 5 rings (SSSR count). The number of carbonyl (C=O) groups is 1. The van der Waals surface area contributed by atoms with Crippen molar-refractivity contribution in [2.75, 3.05) is 11.6 Å². The van der Waals surface area contributed by atoms with Gasteiger partial charge in [0.05, 0.1) is 29.4 Å². The number of carbonyl (C=O) groups excluding carboxylic acids is 1. The summed E-state index contributed by atoms with van der Waals surface area (Å²) in [6.45, 7) is 4.32. The quantitative estimate of drug-likeness (QED) is 0.180. The van der Waals surface area contributed by atoms with Gasteiger partial charge in [-0.05, 0) is 61.2 Å². The molecule has 0 radical (unpaired) electrons. The van der Waals surface area contributed by atoms with E-state index in [1.165, 1.54) is 35.2 Å². The van der Waals surface area contributed by atoms with Crippen molar-refractivity contribution in [3.05, 3.63) is 123 Å². The van der Waals surface area contributed by atoms with Crippen LogP contribution < -0.4 is 27.5 Å². The van der Waals surface area contributed by atoms with Gasteiger partial charge in [-0.25, -0.2) is 10.8 Å². The molecule has 47 heavy (non-hydrogen) atoms. The highest BCUT2D eigenvalue weighted by Gasteiger charge is 2.33. The van der Waals surface area contributed by atoms with Crippen molar-refractivity contribution in [1.82, 2.24) is 19.9 Å². The number of nitrogens with one attached hydrogen (secondary N) is 1. The number of hydrazine groups is 1. The number of allylic oxidation sites excluding steroid dienone is 1. The molecule has 13 heteroatoms. The van der Waals surface area contributed by atoms with E-state index in [0.29, 0.717) is 42.7 Å². The Bertz CT molecular complexity index is 1850. The van der Waals surface area contributed by atoms with Crippen molar-refractivity contribution in [3.8, 4) is 11.3 Å². The fourth-order valence-electron chi connectivity index (χ4n) is 5.79. The summed E-state index contributed by atoms with van der Waals surface area (Å²) in [5.74, 6) is 5.66. The van der Waals surface area contributed by atoms with Crippen LogP contribution in [0.25, 0.3) is 11.3 Å². The van der Waals surface area contributed by atoms with E-state index in [1.54, 1.807) is 6.20 Å². The molecule has 0 aliphatic carbocycles. The molecule has 0 fully saturated rings. The number of nitrogens with two attached hydrogens (primary N) is 2. The number of aromatic nitrogens is 3. The molecule has 0 spiro atoms. The Balaban J connectivity index is 1.58. The monoisotopic (exact) mass is 665 g/mol. The molecule has 1 aliphatic rings. The largest absolute Gasteiger partial charge is 0.432 e. The van der Waals surface area contributed by atoms with E-state index >= 15 is 0 Å². The molecule has 3 heterocycles. The van der Waals surface area contributed by atoms with Crippen LogP contribution in [0.2, 0.25) is 5.02 Å². The number of fused-ring (bicyclic) bond motifs is 2. The Kier molecular flexibility index (Phi) is 9.73. The highest BCUT2D eigenvalue weighted by molar-refractivity contribution is 6.31. The third-order valence-corrected chi connectivity index (χ3v) is 8.87. The summed E-state index contributed by atoms with van der Waals surface area (Å²) in [4.78, 5) is 36.1. The molecule has 2 bridgehead atoms. The minimum atomic E-state index is -4.79. The average molecular weight is 666 g/mol. The first-order chi connectivity index (χ1) is 22.3. The predicted octanol–water partition coefficient (Wildman–Crippen LogP) is 5.83. The van der Waals surface area contributed by atoms with E-state index in [9.17, 15) is 22.8 Å². The van der Waals surface area contributed by atoms with Crippen molar-refractivity contribution >= 4 is 23.2 Å². The number of rotatable bonds is 5. The number of benzene rings is 2. The number of hydrogen-bond acceptors (Lipinski definition) is 7. The van der Waals surface area contributed by atoms with Gasteiger partial charge in [0.15, 0.2) is 0 Å². The van der Waals surface area contributed by atoms with Crippen LogP contribution >= 0.6 is 11.6 Å². The van der Waals surface area contributed by atoms with Gasteiger partial charge in [-0.2, -0.15) is 13.2 Å².